The molecule has 0 aliphatic heterocycles. The third kappa shape index (κ3) is 2.69. The van der Waals surface area contributed by atoms with Crippen LogP contribution in [-0.2, 0) is 0 Å². The lowest BCUT2D eigenvalue weighted by atomic mass is 10.00. The molecule has 92 valence electrons. The number of rotatable bonds is 4. The summed E-state index contributed by atoms with van der Waals surface area (Å²) in [5.41, 5.74) is 0.906. The highest BCUT2D eigenvalue weighted by Gasteiger charge is 2.15. The molecule has 0 fully saturated rings. The van der Waals surface area contributed by atoms with E-state index in [1.807, 2.05) is 38.1 Å². The van der Waals surface area contributed by atoms with Gasteiger partial charge in [-0.3, -0.25) is 0 Å². The maximum absolute atomic E-state index is 9.22. The molecule has 2 aromatic rings. The molecular weight excluding hydrogens is 226 g/mol. The molecule has 1 N–H and O–H groups in total. The topological polar surface area (TPSA) is 61.7 Å². The van der Waals surface area contributed by atoms with Crippen molar-refractivity contribution >= 4 is 0 Å². The number of hydrogen-bond donors (Lipinski definition) is 1. The first-order chi connectivity index (χ1) is 8.70. The Balaban J connectivity index is 2.21. The smallest absolute Gasteiger partial charge is 0.129 e. The molecule has 2 rings (SSSR count). The summed E-state index contributed by atoms with van der Waals surface area (Å²) in [5, 5.41) is 9.22. The Labute approximate surface area is 106 Å². The third-order valence-corrected chi connectivity index (χ3v) is 2.51. The maximum Gasteiger partial charge on any atom is 0.129 e. The Hall–Kier alpha value is -2.28. The van der Waals surface area contributed by atoms with E-state index in [0.29, 0.717) is 5.82 Å². The van der Waals surface area contributed by atoms with E-state index in [-0.39, 0.29) is 12.0 Å². The quantitative estimate of drug-likeness (QED) is 0.895. The zero-order valence-corrected chi connectivity index (χ0v) is 10.4. The molecule has 0 aliphatic carbocycles. The number of benzene rings is 1. The summed E-state index contributed by atoms with van der Waals surface area (Å²) >= 11 is 0. The monoisotopic (exact) mass is 241 g/mol. The molecular formula is C14H15N3O. The summed E-state index contributed by atoms with van der Waals surface area (Å²) in [6, 6.07) is 9.80. The van der Waals surface area contributed by atoms with Crippen LogP contribution < -0.4 is 4.74 Å². The van der Waals surface area contributed by atoms with Gasteiger partial charge in [-0.1, -0.05) is 12.1 Å². The second-order valence-corrected chi connectivity index (χ2v) is 4.27. The van der Waals surface area contributed by atoms with E-state index in [0.717, 1.165) is 11.3 Å². The lowest BCUT2D eigenvalue weighted by molar-refractivity contribution is 0.242. The van der Waals surface area contributed by atoms with Crippen molar-refractivity contribution in [1.29, 1.82) is 5.26 Å². The van der Waals surface area contributed by atoms with Gasteiger partial charge in [0.25, 0.3) is 0 Å². The minimum absolute atomic E-state index is 0.146. The number of hydrogen-bond acceptors (Lipinski definition) is 3. The summed E-state index contributed by atoms with van der Waals surface area (Å²) in [4.78, 5) is 7.09. The number of nitrogens with one attached hydrogen (secondary N) is 1. The van der Waals surface area contributed by atoms with Crippen molar-refractivity contribution in [1.82, 2.24) is 9.97 Å². The third-order valence-electron chi connectivity index (χ3n) is 2.51. The van der Waals surface area contributed by atoms with Gasteiger partial charge in [-0.05, 0) is 31.5 Å². The van der Waals surface area contributed by atoms with E-state index >= 15 is 0 Å². The van der Waals surface area contributed by atoms with Crippen LogP contribution in [0.5, 0.6) is 5.75 Å². The Morgan fingerprint density at radius 1 is 1.28 bits per heavy atom. The van der Waals surface area contributed by atoms with Crippen LogP contribution in [0.2, 0.25) is 0 Å². The fourth-order valence-corrected chi connectivity index (χ4v) is 1.74. The van der Waals surface area contributed by atoms with Crippen LogP contribution in [0.1, 0.15) is 31.2 Å². The number of H-pyrrole nitrogens is 1. The molecule has 0 aliphatic rings. The lowest BCUT2D eigenvalue weighted by Crippen LogP contribution is -2.06. The van der Waals surface area contributed by atoms with Gasteiger partial charge in [0.1, 0.15) is 17.5 Å². The van der Waals surface area contributed by atoms with Gasteiger partial charge in [0.05, 0.1) is 12.2 Å². The van der Waals surface area contributed by atoms with Gasteiger partial charge in [-0.2, -0.15) is 5.26 Å². The number of ether oxygens (including phenoxy) is 1. The molecule has 0 saturated carbocycles. The molecule has 1 heterocycles. The largest absolute Gasteiger partial charge is 0.491 e. The molecule has 0 spiro atoms. The highest BCUT2D eigenvalue weighted by molar-refractivity contribution is 5.36. The van der Waals surface area contributed by atoms with E-state index < -0.39 is 0 Å². The molecule has 4 nitrogen and oxygen atoms in total. The van der Waals surface area contributed by atoms with Crippen molar-refractivity contribution in [2.75, 3.05) is 0 Å². The highest BCUT2D eigenvalue weighted by atomic mass is 16.5. The minimum Gasteiger partial charge on any atom is -0.491 e. The van der Waals surface area contributed by atoms with Crippen molar-refractivity contribution in [2.45, 2.75) is 25.9 Å². The van der Waals surface area contributed by atoms with Gasteiger partial charge in [-0.25, -0.2) is 4.98 Å². The SMILES string of the molecule is CC(C)Oc1ccc(C(C#N)c2ncc[nH]2)cc1. The molecule has 4 heteroatoms. The van der Waals surface area contributed by atoms with Crippen LogP contribution >= 0.6 is 0 Å². The maximum atomic E-state index is 9.22. The minimum atomic E-state index is -0.368. The molecule has 1 unspecified atom stereocenters. The summed E-state index contributed by atoms with van der Waals surface area (Å²) in [6.45, 7) is 3.96. The van der Waals surface area contributed by atoms with E-state index in [4.69, 9.17) is 4.74 Å². The normalized spacial score (nSPS) is 12.1. The van der Waals surface area contributed by atoms with Crippen LogP contribution in [0.3, 0.4) is 0 Å². The Morgan fingerprint density at radius 3 is 2.50 bits per heavy atom. The van der Waals surface area contributed by atoms with Gasteiger partial charge < -0.3 is 9.72 Å². The van der Waals surface area contributed by atoms with E-state index in [1.165, 1.54) is 0 Å². The predicted octanol–water partition coefficient (Wildman–Crippen LogP) is 2.85. The van der Waals surface area contributed by atoms with Gasteiger partial charge in [0, 0.05) is 12.4 Å². The highest BCUT2D eigenvalue weighted by Crippen LogP contribution is 2.23. The summed E-state index contributed by atoms with van der Waals surface area (Å²) in [6.07, 6.45) is 3.51. The Bertz CT molecular complexity index is 523. The van der Waals surface area contributed by atoms with Gasteiger partial charge >= 0.3 is 0 Å². The summed E-state index contributed by atoms with van der Waals surface area (Å²) in [7, 11) is 0. The standard InChI is InChI=1S/C14H15N3O/c1-10(2)18-12-5-3-11(4-6-12)13(9-15)14-16-7-8-17-14/h3-8,10,13H,1-2H3,(H,16,17). The number of imidazole rings is 1. The van der Waals surface area contributed by atoms with Crippen molar-refractivity contribution < 1.29 is 4.74 Å². The molecule has 0 saturated heterocycles. The first-order valence-electron chi connectivity index (χ1n) is 5.86. The van der Waals surface area contributed by atoms with Crippen LogP contribution in [0.15, 0.2) is 36.7 Å². The second-order valence-electron chi connectivity index (χ2n) is 4.27. The fraction of sp³-hybridized carbons (Fsp3) is 0.286. The van der Waals surface area contributed by atoms with E-state index in [1.54, 1.807) is 12.4 Å². The van der Waals surface area contributed by atoms with Crippen molar-refractivity contribution in [2.24, 2.45) is 0 Å². The fourth-order valence-electron chi connectivity index (χ4n) is 1.74. The first kappa shape index (κ1) is 12.2. The molecule has 1 atom stereocenters. The molecule has 0 bridgehead atoms. The molecule has 0 amide bonds. The molecule has 0 radical (unpaired) electrons. The molecule has 18 heavy (non-hydrogen) atoms. The van der Waals surface area contributed by atoms with Gasteiger partial charge in [-0.15, -0.1) is 0 Å². The van der Waals surface area contributed by atoms with Crippen LogP contribution in [0, 0.1) is 11.3 Å². The average molecular weight is 241 g/mol. The zero-order chi connectivity index (χ0) is 13.0. The summed E-state index contributed by atoms with van der Waals surface area (Å²) in [5.74, 6) is 1.10. The zero-order valence-electron chi connectivity index (χ0n) is 10.4. The van der Waals surface area contributed by atoms with Crippen LogP contribution in [0.25, 0.3) is 0 Å². The van der Waals surface area contributed by atoms with E-state index in [9.17, 15) is 5.26 Å². The molecule has 1 aromatic heterocycles. The number of nitriles is 1. The lowest BCUT2D eigenvalue weighted by Gasteiger charge is -2.11. The summed E-state index contributed by atoms with van der Waals surface area (Å²) < 4.78 is 5.57. The Morgan fingerprint density at radius 2 is 2.00 bits per heavy atom. The van der Waals surface area contributed by atoms with Gasteiger partial charge in [0.15, 0.2) is 0 Å². The van der Waals surface area contributed by atoms with Gasteiger partial charge in [0.2, 0.25) is 0 Å². The van der Waals surface area contributed by atoms with Crippen molar-refractivity contribution in [3.05, 3.63) is 48.0 Å². The number of aromatic amines is 1. The Kier molecular flexibility index (Phi) is 3.63. The van der Waals surface area contributed by atoms with Crippen LogP contribution in [-0.4, -0.2) is 16.1 Å². The van der Waals surface area contributed by atoms with Crippen LogP contribution in [0.4, 0.5) is 0 Å². The van der Waals surface area contributed by atoms with Crippen molar-refractivity contribution in [3.63, 3.8) is 0 Å². The van der Waals surface area contributed by atoms with Crippen molar-refractivity contribution in [3.8, 4) is 11.8 Å². The van der Waals surface area contributed by atoms with E-state index in [2.05, 4.69) is 16.0 Å². The number of aromatic nitrogens is 2. The molecule has 1 aromatic carbocycles. The second kappa shape index (κ2) is 5.37. The first-order valence-corrected chi connectivity index (χ1v) is 5.86. The average Bonchev–Trinajstić information content (AvgIpc) is 2.85. The number of nitrogens with zero attached hydrogens (tertiary/aromatic N) is 2. The predicted molar refractivity (Wildman–Crippen MR) is 68.2 cm³/mol.